The van der Waals surface area contributed by atoms with Crippen molar-refractivity contribution in [3.63, 3.8) is 0 Å². The van der Waals surface area contributed by atoms with Gasteiger partial charge in [0, 0.05) is 27.7 Å². The standard InChI is InChI=1S/C40H27NO/c1-4-12-28(13-5-1)29-20-23-33(24-21-29)41(32-17-8-3-9-18-32)39-34(30-14-6-2-7-15-30)26-27-37-38(39)36-25-22-31-16-10-11-19-35(31)40(36)42-37/h1-27H. The van der Waals surface area contributed by atoms with Crippen LogP contribution in [0, 0.1) is 0 Å². The molecule has 198 valence electrons. The van der Waals surface area contributed by atoms with Crippen molar-refractivity contribution < 1.29 is 4.42 Å². The molecule has 1 aromatic heterocycles. The number of anilines is 3. The van der Waals surface area contributed by atoms with E-state index in [9.17, 15) is 0 Å². The van der Waals surface area contributed by atoms with Crippen molar-refractivity contribution in [1.29, 1.82) is 0 Å². The first kappa shape index (κ1) is 24.2. The molecule has 2 heteroatoms. The normalized spacial score (nSPS) is 11.3. The van der Waals surface area contributed by atoms with E-state index in [0.29, 0.717) is 0 Å². The van der Waals surface area contributed by atoms with Crippen LogP contribution in [0.5, 0.6) is 0 Å². The van der Waals surface area contributed by atoms with E-state index in [0.717, 1.165) is 55.5 Å². The van der Waals surface area contributed by atoms with Crippen LogP contribution in [0.3, 0.4) is 0 Å². The SMILES string of the molecule is c1ccc(-c2ccc(N(c3ccccc3)c3c(-c4ccccc4)ccc4oc5c6ccccc6ccc5c34)cc2)cc1. The van der Waals surface area contributed by atoms with Gasteiger partial charge in [0.05, 0.1) is 11.1 Å². The van der Waals surface area contributed by atoms with E-state index in [-0.39, 0.29) is 0 Å². The predicted octanol–water partition coefficient (Wildman–Crippen LogP) is 11.5. The molecule has 0 aliphatic carbocycles. The molecule has 0 unspecified atom stereocenters. The van der Waals surface area contributed by atoms with Crippen molar-refractivity contribution in [1.82, 2.24) is 0 Å². The zero-order valence-electron chi connectivity index (χ0n) is 22.9. The molecule has 0 amide bonds. The van der Waals surface area contributed by atoms with Gasteiger partial charge in [0.25, 0.3) is 0 Å². The third-order valence-electron chi connectivity index (χ3n) is 8.06. The van der Waals surface area contributed by atoms with Crippen molar-refractivity contribution in [2.75, 3.05) is 4.90 Å². The molecule has 0 fully saturated rings. The Morgan fingerprint density at radius 2 is 1.00 bits per heavy atom. The van der Waals surface area contributed by atoms with Gasteiger partial charge < -0.3 is 9.32 Å². The van der Waals surface area contributed by atoms with Crippen LogP contribution in [0.2, 0.25) is 0 Å². The lowest BCUT2D eigenvalue weighted by atomic mass is 9.96. The molecule has 42 heavy (non-hydrogen) atoms. The van der Waals surface area contributed by atoms with Crippen LogP contribution in [0.4, 0.5) is 17.1 Å². The van der Waals surface area contributed by atoms with Gasteiger partial charge in [-0.25, -0.2) is 0 Å². The van der Waals surface area contributed by atoms with Gasteiger partial charge in [-0.15, -0.1) is 0 Å². The number of benzene rings is 7. The fourth-order valence-corrected chi connectivity index (χ4v) is 6.08. The van der Waals surface area contributed by atoms with Gasteiger partial charge in [-0.2, -0.15) is 0 Å². The first-order valence-corrected chi connectivity index (χ1v) is 14.3. The Morgan fingerprint density at radius 1 is 0.405 bits per heavy atom. The van der Waals surface area contributed by atoms with Crippen LogP contribution in [0.15, 0.2) is 168 Å². The second-order valence-electron chi connectivity index (χ2n) is 10.6. The number of hydrogen-bond acceptors (Lipinski definition) is 2. The second kappa shape index (κ2) is 10.1. The molecular formula is C40H27NO. The number of fused-ring (bicyclic) bond motifs is 5. The maximum Gasteiger partial charge on any atom is 0.143 e. The van der Waals surface area contributed by atoms with Gasteiger partial charge in [0.1, 0.15) is 11.2 Å². The van der Waals surface area contributed by atoms with Crippen molar-refractivity contribution in [2.24, 2.45) is 0 Å². The average molecular weight is 538 g/mol. The van der Waals surface area contributed by atoms with E-state index in [4.69, 9.17) is 4.42 Å². The maximum atomic E-state index is 6.67. The summed E-state index contributed by atoms with van der Waals surface area (Å²) in [4.78, 5) is 2.38. The highest BCUT2D eigenvalue weighted by Crippen LogP contribution is 2.49. The van der Waals surface area contributed by atoms with Crippen molar-refractivity contribution in [3.8, 4) is 22.3 Å². The number of furan rings is 1. The molecule has 0 spiro atoms. The minimum absolute atomic E-state index is 0.873. The Hall–Kier alpha value is -5.60. The van der Waals surface area contributed by atoms with Gasteiger partial charge in [-0.05, 0) is 64.5 Å². The molecule has 0 bridgehead atoms. The first-order chi connectivity index (χ1) is 20.8. The molecule has 0 atom stereocenters. The summed E-state index contributed by atoms with van der Waals surface area (Å²) in [5.41, 5.74) is 9.77. The quantitative estimate of drug-likeness (QED) is 0.217. The lowest BCUT2D eigenvalue weighted by molar-refractivity contribution is 0.673. The molecule has 2 nitrogen and oxygen atoms in total. The van der Waals surface area contributed by atoms with Crippen LogP contribution >= 0.6 is 0 Å². The van der Waals surface area contributed by atoms with Crippen molar-refractivity contribution in [2.45, 2.75) is 0 Å². The molecule has 0 saturated heterocycles. The molecule has 0 N–H and O–H groups in total. The summed E-state index contributed by atoms with van der Waals surface area (Å²) in [6.07, 6.45) is 0. The number of para-hydroxylation sites is 1. The third kappa shape index (κ3) is 4.05. The van der Waals surface area contributed by atoms with Crippen molar-refractivity contribution in [3.05, 3.63) is 164 Å². The average Bonchev–Trinajstić information content (AvgIpc) is 3.46. The van der Waals surface area contributed by atoms with Gasteiger partial charge in [0.2, 0.25) is 0 Å². The fraction of sp³-hybridized carbons (Fsp3) is 0. The Bertz CT molecular complexity index is 2160. The smallest absolute Gasteiger partial charge is 0.143 e. The molecule has 0 aliphatic rings. The minimum atomic E-state index is 0.873. The molecule has 0 radical (unpaired) electrons. The Labute approximate surface area is 244 Å². The lowest BCUT2D eigenvalue weighted by Gasteiger charge is -2.29. The summed E-state index contributed by atoms with van der Waals surface area (Å²) >= 11 is 0. The Balaban J connectivity index is 1.45. The minimum Gasteiger partial charge on any atom is -0.455 e. The number of nitrogens with zero attached hydrogens (tertiary/aromatic N) is 1. The van der Waals surface area contributed by atoms with Crippen LogP contribution in [-0.4, -0.2) is 0 Å². The predicted molar refractivity (Wildman–Crippen MR) is 177 cm³/mol. The van der Waals surface area contributed by atoms with E-state index in [2.05, 4.69) is 169 Å². The van der Waals surface area contributed by atoms with Gasteiger partial charge >= 0.3 is 0 Å². The first-order valence-electron chi connectivity index (χ1n) is 14.3. The highest BCUT2D eigenvalue weighted by Gasteiger charge is 2.24. The van der Waals surface area contributed by atoms with E-state index in [1.54, 1.807) is 0 Å². The summed E-state index contributed by atoms with van der Waals surface area (Å²) in [6, 6.07) is 57.8. The summed E-state index contributed by atoms with van der Waals surface area (Å²) < 4.78 is 6.67. The maximum absolute atomic E-state index is 6.67. The van der Waals surface area contributed by atoms with Crippen molar-refractivity contribution >= 4 is 49.8 Å². The summed E-state index contributed by atoms with van der Waals surface area (Å²) in [7, 11) is 0. The monoisotopic (exact) mass is 537 g/mol. The van der Waals surface area contributed by atoms with Gasteiger partial charge in [-0.1, -0.05) is 121 Å². The Kier molecular flexibility index (Phi) is 5.82. The second-order valence-corrected chi connectivity index (χ2v) is 10.6. The number of rotatable bonds is 5. The van der Waals surface area contributed by atoms with E-state index < -0.39 is 0 Å². The van der Waals surface area contributed by atoms with E-state index in [1.165, 1.54) is 16.5 Å². The summed E-state index contributed by atoms with van der Waals surface area (Å²) in [5, 5.41) is 4.51. The van der Waals surface area contributed by atoms with Crippen LogP contribution < -0.4 is 4.90 Å². The highest BCUT2D eigenvalue weighted by atomic mass is 16.3. The fourth-order valence-electron chi connectivity index (χ4n) is 6.08. The molecule has 8 aromatic rings. The molecule has 0 aliphatic heterocycles. The van der Waals surface area contributed by atoms with E-state index >= 15 is 0 Å². The third-order valence-corrected chi connectivity index (χ3v) is 8.06. The van der Waals surface area contributed by atoms with Gasteiger partial charge in [-0.3, -0.25) is 0 Å². The number of hydrogen-bond donors (Lipinski definition) is 0. The Morgan fingerprint density at radius 3 is 1.74 bits per heavy atom. The van der Waals surface area contributed by atoms with Gasteiger partial charge in [0.15, 0.2) is 0 Å². The summed E-state index contributed by atoms with van der Waals surface area (Å²) in [6.45, 7) is 0. The molecule has 7 aromatic carbocycles. The van der Waals surface area contributed by atoms with Crippen LogP contribution in [0.25, 0.3) is 55.0 Å². The van der Waals surface area contributed by atoms with Crippen LogP contribution in [0.1, 0.15) is 0 Å². The largest absolute Gasteiger partial charge is 0.455 e. The zero-order chi connectivity index (χ0) is 27.9. The lowest BCUT2D eigenvalue weighted by Crippen LogP contribution is -2.11. The molecule has 8 rings (SSSR count). The zero-order valence-corrected chi connectivity index (χ0v) is 22.9. The van der Waals surface area contributed by atoms with E-state index in [1.807, 2.05) is 0 Å². The topological polar surface area (TPSA) is 16.4 Å². The van der Waals surface area contributed by atoms with Crippen LogP contribution in [-0.2, 0) is 0 Å². The molecule has 0 saturated carbocycles. The molecular weight excluding hydrogens is 510 g/mol. The highest BCUT2D eigenvalue weighted by molar-refractivity contribution is 6.21. The molecule has 1 heterocycles. The summed E-state index contributed by atoms with van der Waals surface area (Å²) in [5.74, 6) is 0.